The van der Waals surface area contributed by atoms with Crippen molar-refractivity contribution < 1.29 is 0 Å². The number of rotatable bonds is 6. The van der Waals surface area contributed by atoms with Crippen molar-refractivity contribution in [2.45, 2.75) is 31.7 Å². The number of hydrogen-bond acceptors (Lipinski definition) is 4. The van der Waals surface area contributed by atoms with Crippen LogP contribution in [0.1, 0.15) is 25.7 Å². The second kappa shape index (κ2) is 8.20. The van der Waals surface area contributed by atoms with E-state index in [2.05, 4.69) is 34.1 Å². The molecule has 0 spiro atoms. The van der Waals surface area contributed by atoms with Gasteiger partial charge in [-0.15, -0.1) is 0 Å². The zero-order valence-electron chi connectivity index (χ0n) is 12.9. The van der Waals surface area contributed by atoms with Gasteiger partial charge in [-0.1, -0.05) is 0 Å². The average Bonchev–Trinajstić information content (AvgIpc) is 2.45. The van der Waals surface area contributed by atoms with Crippen LogP contribution in [0.25, 0.3) is 0 Å². The Morgan fingerprint density at radius 1 is 1.05 bits per heavy atom. The standard InChI is InChI=1S/C15H32N4/c1-17-11-5-15(6-12-17)18(2)9-3-4-10-19-13-7-16-8-14-19/h15-16H,3-14H2,1-2H3. The van der Waals surface area contributed by atoms with Crippen LogP contribution in [0.15, 0.2) is 0 Å². The Kier molecular flexibility index (Phi) is 6.57. The van der Waals surface area contributed by atoms with E-state index >= 15 is 0 Å². The van der Waals surface area contributed by atoms with E-state index in [4.69, 9.17) is 0 Å². The van der Waals surface area contributed by atoms with E-state index in [1.54, 1.807) is 0 Å². The average molecular weight is 268 g/mol. The van der Waals surface area contributed by atoms with E-state index < -0.39 is 0 Å². The fourth-order valence-corrected chi connectivity index (χ4v) is 3.25. The molecule has 2 aliphatic rings. The van der Waals surface area contributed by atoms with Gasteiger partial charge in [0.2, 0.25) is 0 Å². The molecule has 112 valence electrons. The lowest BCUT2D eigenvalue weighted by atomic mass is 10.0. The summed E-state index contributed by atoms with van der Waals surface area (Å²) in [5, 5.41) is 3.42. The Labute approximate surface area is 119 Å². The number of nitrogens with one attached hydrogen (secondary N) is 1. The topological polar surface area (TPSA) is 21.8 Å². The third kappa shape index (κ3) is 5.38. The highest BCUT2D eigenvalue weighted by Crippen LogP contribution is 2.14. The minimum Gasteiger partial charge on any atom is -0.314 e. The summed E-state index contributed by atoms with van der Waals surface area (Å²) >= 11 is 0. The van der Waals surface area contributed by atoms with Crippen molar-refractivity contribution in [3.05, 3.63) is 0 Å². The molecule has 0 saturated carbocycles. The highest BCUT2D eigenvalue weighted by molar-refractivity contribution is 4.76. The molecule has 2 aliphatic heterocycles. The van der Waals surface area contributed by atoms with Gasteiger partial charge in [-0.3, -0.25) is 0 Å². The molecule has 0 aromatic carbocycles. The van der Waals surface area contributed by atoms with E-state index in [1.807, 2.05) is 0 Å². The van der Waals surface area contributed by atoms with Gasteiger partial charge >= 0.3 is 0 Å². The van der Waals surface area contributed by atoms with Gasteiger partial charge in [0.25, 0.3) is 0 Å². The minimum absolute atomic E-state index is 0.829. The predicted molar refractivity (Wildman–Crippen MR) is 81.7 cm³/mol. The fourth-order valence-electron chi connectivity index (χ4n) is 3.25. The second-order valence-corrected chi connectivity index (χ2v) is 6.31. The van der Waals surface area contributed by atoms with Crippen LogP contribution in [0, 0.1) is 0 Å². The van der Waals surface area contributed by atoms with E-state index in [1.165, 1.54) is 78.0 Å². The van der Waals surface area contributed by atoms with Gasteiger partial charge in [0.05, 0.1) is 0 Å². The third-order valence-corrected chi connectivity index (χ3v) is 4.76. The monoisotopic (exact) mass is 268 g/mol. The summed E-state index contributed by atoms with van der Waals surface area (Å²) in [5.74, 6) is 0. The van der Waals surface area contributed by atoms with E-state index in [9.17, 15) is 0 Å². The lowest BCUT2D eigenvalue weighted by Crippen LogP contribution is -2.44. The summed E-state index contributed by atoms with van der Waals surface area (Å²) in [7, 11) is 4.56. The first-order valence-corrected chi connectivity index (χ1v) is 8.07. The summed E-state index contributed by atoms with van der Waals surface area (Å²) in [5.41, 5.74) is 0. The molecule has 0 atom stereocenters. The Morgan fingerprint density at radius 3 is 2.42 bits per heavy atom. The van der Waals surface area contributed by atoms with Crippen molar-refractivity contribution in [2.24, 2.45) is 0 Å². The smallest absolute Gasteiger partial charge is 0.0117 e. The van der Waals surface area contributed by atoms with Crippen LogP contribution < -0.4 is 5.32 Å². The molecule has 2 fully saturated rings. The Balaban J connectivity index is 1.52. The maximum absolute atomic E-state index is 3.42. The molecule has 0 radical (unpaired) electrons. The van der Waals surface area contributed by atoms with Gasteiger partial charge < -0.3 is 20.0 Å². The van der Waals surface area contributed by atoms with Crippen molar-refractivity contribution in [2.75, 3.05) is 66.5 Å². The second-order valence-electron chi connectivity index (χ2n) is 6.31. The number of nitrogens with zero attached hydrogens (tertiary/aromatic N) is 3. The van der Waals surface area contributed by atoms with E-state index in [0.29, 0.717) is 0 Å². The Morgan fingerprint density at radius 2 is 1.74 bits per heavy atom. The molecule has 0 unspecified atom stereocenters. The van der Waals surface area contributed by atoms with Crippen LogP contribution in [-0.2, 0) is 0 Å². The van der Waals surface area contributed by atoms with Crippen molar-refractivity contribution in [1.29, 1.82) is 0 Å². The molecular formula is C15H32N4. The Bertz CT molecular complexity index is 232. The molecular weight excluding hydrogens is 236 g/mol. The van der Waals surface area contributed by atoms with Crippen LogP contribution in [0.2, 0.25) is 0 Å². The summed E-state index contributed by atoms with van der Waals surface area (Å²) in [6.45, 7) is 9.95. The first kappa shape index (κ1) is 15.2. The van der Waals surface area contributed by atoms with Gasteiger partial charge in [0.15, 0.2) is 0 Å². The molecule has 4 nitrogen and oxygen atoms in total. The summed E-state index contributed by atoms with van der Waals surface area (Å²) < 4.78 is 0. The quantitative estimate of drug-likeness (QED) is 0.716. The lowest BCUT2D eigenvalue weighted by molar-refractivity contribution is 0.140. The maximum Gasteiger partial charge on any atom is 0.0117 e. The first-order chi connectivity index (χ1) is 9.25. The van der Waals surface area contributed by atoms with E-state index in [0.717, 1.165) is 6.04 Å². The van der Waals surface area contributed by atoms with Crippen molar-refractivity contribution in [3.8, 4) is 0 Å². The van der Waals surface area contributed by atoms with Crippen molar-refractivity contribution in [3.63, 3.8) is 0 Å². The molecule has 19 heavy (non-hydrogen) atoms. The number of likely N-dealkylation sites (tertiary alicyclic amines) is 1. The Hall–Kier alpha value is -0.160. The molecule has 2 saturated heterocycles. The van der Waals surface area contributed by atoms with Crippen LogP contribution in [0.5, 0.6) is 0 Å². The lowest BCUT2D eigenvalue weighted by Gasteiger charge is -2.35. The summed E-state index contributed by atoms with van der Waals surface area (Å²) in [4.78, 5) is 7.66. The number of piperidine rings is 1. The SMILES string of the molecule is CN1CCC(N(C)CCCCN2CCNCC2)CC1. The van der Waals surface area contributed by atoms with Crippen LogP contribution >= 0.6 is 0 Å². The highest BCUT2D eigenvalue weighted by atomic mass is 15.2. The predicted octanol–water partition coefficient (Wildman–Crippen LogP) is 0.698. The molecule has 1 N–H and O–H groups in total. The third-order valence-electron chi connectivity index (χ3n) is 4.76. The van der Waals surface area contributed by atoms with Gasteiger partial charge in [-0.05, 0) is 66.0 Å². The van der Waals surface area contributed by atoms with Gasteiger partial charge in [0, 0.05) is 32.2 Å². The summed E-state index contributed by atoms with van der Waals surface area (Å²) in [6, 6.07) is 0.829. The maximum atomic E-state index is 3.42. The molecule has 0 bridgehead atoms. The van der Waals surface area contributed by atoms with Crippen molar-refractivity contribution >= 4 is 0 Å². The highest BCUT2D eigenvalue weighted by Gasteiger charge is 2.19. The van der Waals surface area contributed by atoms with Gasteiger partial charge in [-0.25, -0.2) is 0 Å². The molecule has 0 aromatic rings. The number of hydrogen-bond donors (Lipinski definition) is 1. The van der Waals surface area contributed by atoms with E-state index in [-0.39, 0.29) is 0 Å². The number of unbranched alkanes of at least 4 members (excludes halogenated alkanes) is 1. The number of piperazine rings is 1. The van der Waals surface area contributed by atoms with Crippen LogP contribution in [0.3, 0.4) is 0 Å². The van der Waals surface area contributed by atoms with Gasteiger partial charge in [-0.2, -0.15) is 0 Å². The minimum atomic E-state index is 0.829. The molecule has 0 amide bonds. The fraction of sp³-hybridized carbons (Fsp3) is 1.00. The largest absolute Gasteiger partial charge is 0.314 e. The first-order valence-electron chi connectivity index (χ1n) is 8.07. The zero-order valence-corrected chi connectivity index (χ0v) is 12.9. The van der Waals surface area contributed by atoms with Crippen LogP contribution in [-0.4, -0.2) is 87.2 Å². The normalized spacial score (nSPS) is 24.2. The van der Waals surface area contributed by atoms with Gasteiger partial charge in [0.1, 0.15) is 0 Å². The van der Waals surface area contributed by atoms with Crippen molar-refractivity contribution in [1.82, 2.24) is 20.0 Å². The zero-order chi connectivity index (χ0) is 13.5. The van der Waals surface area contributed by atoms with Crippen LogP contribution in [0.4, 0.5) is 0 Å². The molecule has 2 heterocycles. The molecule has 0 aromatic heterocycles. The molecule has 2 rings (SSSR count). The molecule has 0 aliphatic carbocycles. The molecule has 4 heteroatoms. The summed E-state index contributed by atoms with van der Waals surface area (Å²) in [6.07, 6.45) is 5.42.